The topological polar surface area (TPSA) is 36.7 Å². The highest BCUT2D eigenvalue weighted by Gasteiger charge is 2.19. The maximum atomic E-state index is 12.4. The number of hydrogen-bond donors (Lipinski definition) is 0. The Balaban J connectivity index is 3.43. The highest BCUT2D eigenvalue weighted by molar-refractivity contribution is 9.13. The first-order chi connectivity index (χ1) is 6.07. The van der Waals surface area contributed by atoms with E-state index in [1.165, 1.54) is 6.20 Å². The molecule has 1 rings (SSSR count). The minimum atomic E-state index is -2.71. The molecule has 68 valence electrons. The summed E-state index contributed by atoms with van der Waals surface area (Å²) in [6, 6.07) is 1.60. The summed E-state index contributed by atoms with van der Waals surface area (Å²) < 4.78 is 25.4. The molecule has 0 spiro atoms. The Bertz CT molecular complexity index is 373. The van der Waals surface area contributed by atoms with Crippen LogP contribution in [0.4, 0.5) is 8.78 Å². The Labute approximate surface area is 89.8 Å². The van der Waals surface area contributed by atoms with Gasteiger partial charge in [0.1, 0.15) is 6.07 Å². The number of halogens is 4. The highest BCUT2D eigenvalue weighted by atomic mass is 79.9. The molecule has 6 heteroatoms. The van der Waals surface area contributed by atoms with Crippen molar-refractivity contribution in [1.29, 1.82) is 5.26 Å². The fourth-order valence-corrected chi connectivity index (χ4v) is 1.55. The molecule has 13 heavy (non-hydrogen) atoms. The van der Waals surface area contributed by atoms with E-state index in [4.69, 9.17) is 5.26 Å². The van der Waals surface area contributed by atoms with Gasteiger partial charge in [0, 0.05) is 10.7 Å². The smallest absolute Gasteiger partial charge is 0.244 e. The summed E-state index contributed by atoms with van der Waals surface area (Å²) in [5.41, 5.74) is -0.637. The molecular formula is C7H2Br2F2N2. The van der Waals surface area contributed by atoms with E-state index in [9.17, 15) is 8.78 Å². The van der Waals surface area contributed by atoms with Crippen molar-refractivity contribution in [2.45, 2.75) is 6.43 Å². The van der Waals surface area contributed by atoms with Crippen LogP contribution in [-0.2, 0) is 0 Å². The zero-order valence-corrected chi connectivity index (χ0v) is 9.23. The van der Waals surface area contributed by atoms with Gasteiger partial charge in [0.15, 0.2) is 5.69 Å². The van der Waals surface area contributed by atoms with Gasteiger partial charge in [-0.3, -0.25) is 0 Å². The molecule has 0 aliphatic rings. The van der Waals surface area contributed by atoms with Gasteiger partial charge < -0.3 is 0 Å². The highest BCUT2D eigenvalue weighted by Crippen LogP contribution is 2.34. The second-order valence-corrected chi connectivity index (χ2v) is 3.74. The van der Waals surface area contributed by atoms with Crippen molar-refractivity contribution in [3.8, 4) is 6.07 Å². The van der Waals surface area contributed by atoms with Crippen molar-refractivity contribution in [1.82, 2.24) is 4.98 Å². The Hall–Kier alpha value is -0.540. The van der Waals surface area contributed by atoms with Crippen LogP contribution < -0.4 is 0 Å². The number of nitrogens with zero attached hydrogens (tertiary/aromatic N) is 2. The van der Waals surface area contributed by atoms with Crippen LogP contribution in [0.3, 0.4) is 0 Å². The molecule has 0 unspecified atom stereocenters. The zero-order valence-electron chi connectivity index (χ0n) is 6.06. The maximum absolute atomic E-state index is 12.4. The van der Waals surface area contributed by atoms with Crippen molar-refractivity contribution in [2.75, 3.05) is 0 Å². The molecule has 0 N–H and O–H groups in total. The van der Waals surface area contributed by atoms with Gasteiger partial charge in [-0.25, -0.2) is 13.8 Å². The van der Waals surface area contributed by atoms with Crippen molar-refractivity contribution in [3.63, 3.8) is 0 Å². The third kappa shape index (κ3) is 2.03. The van der Waals surface area contributed by atoms with Crippen LogP contribution in [0.5, 0.6) is 0 Å². The lowest BCUT2D eigenvalue weighted by Gasteiger charge is -2.05. The average molecular weight is 312 g/mol. The molecule has 2 nitrogen and oxygen atoms in total. The Kier molecular flexibility index (Phi) is 3.33. The second kappa shape index (κ2) is 4.11. The minimum Gasteiger partial charge on any atom is -0.244 e. The normalized spacial score (nSPS) is 10.2. The van der Waals surface area contributed by atoms with Crippen molar-refractivity contribution in [3.05, 3.63) is 26.4 Å². The van der Waals surface area contributed by atoms with Crippen molar-refractivity contribution in [2.24, 2.45) is 0 Å². The van der Waals surface area contributed by atoms with E-state index in [2.05, 4.69) is 36.8 Å². The summed E-state index contributed by atoms with van der Waals surface area (Å²) in [7, 11) is 0. The van der Waals surface area contributed by atoms with E-state index >= 15 is 0 Å². The van der Waals surface area contributed by atoms with E-state index in [1.54, 1.807) is 6.07 Å². The number of hydrogen-bond acceptors (Lipinski definition) is 2. The summed E-state index contributed by atoms with van der Waals surface area (Å²) in [5, 5.41) is 8.50. The SMILES string of the molecule is N#Cc1ncc(Br)c(Br)c1C(F)F. The van der Waals surface area contributed by atoms with Gasteiger partial charge in [-0.2, -0.15) is 5.26 Å². The van der Waals surface area contributed by atoms with Gasteiger partial charge in [-0.15, -0.1) is 0 Å². The van der Waals surface area contributed by atoms with Crippen LogP contribution in [0.2, 0.25) is 0 Å². The van der Waals surface area contributed by atoms with Gasteiger partial charge in [0.25, 0.3) is 6.43 Å². The number of alkyl halides is 2. The lowest BCUT2D eigenvalue weighted by atomic mass is 10.2. The maximum Gasteiger partial charge on any atom is 0.267 e. The van der Waals surface area contributed by atoms with Crippen LogP contribution in [0.25, 0.3) is 0 Å². The summed E-state index contributed by atoms with van der Waals surface area (Å²) in [4.78, 5) is 3.56. The molecule has 0 fully saturated rings. The molecule has 0 amide bonds. The zero-order chi connectivity index (χ0) is 10.0. The van der Waals surface area contributed by atoms with Gasteiger partial charge in [-0.05, 0) is 31.9 Å². The molecule has 0 bridgehead atoms. The molecule has 0 saturated heterocycles. The fraction of sp³-hybridized carbons (Fsp3) is 0.143. The van der Waals surface area contributed by atoms with Gasteiger partial charge >= 0.3 is 0 Å². The first-order valence-electron chi connectivity index (χ1n) is 3.10. The van der Waals surface area contributed by atoms with Gasteiger partial charge in [0.2, 0.25) is 0 Å². The summed E-state index contributed by atoms with van der Waals surface area (Å²) in [6.07, 6.45) is -1.41. The summed E-state index contributed by atoms with van der Waals surface area (Å²) in [5.74, 6) is 0. The van der Waals surface area contributed by atoms with E-state index in [0.717, 1.165) is 0 Å². The number of aromatic nitrogens is 1. The van der Waals surface area contributed by atoms with Crippen LogP contribution in [0, 0.1) is 11.3 Å². The third-order valence-electron chi connectivity index (χ3n) is 1.33. The third-order valence-corrected chi connectivity index (χ3v) is 3.32. The summed E-state index contributed by atoms with van der Waals surface area (Å²) >= 11 is 5.98. The summed E-state index contributed by atoms with van der Waals surface area (Å²) in [6.45, 7) is 0. The molecular weight excluding hydrogens is 310 g/mol. The van der Waals surface area contributed by atoms with Crippen molar-refractivity contribution >= 4 is 31.9 Å². The van der Waals surface area contributed by atoms with E-state index in [1.807, 2.05) is 0 Å². The predicted molar refractivity (Wildman–Crippen MR) is 49.3 cm³/mol. The molecule has 0 aliphatic heterocycles. The van der Waals surface area contributed by atoms with Crippen LogP contribution in [0.15, 0.2) is 15.1 Å². The first-order valence-corrected chi connectivity index (χ1v) is 4.68. The van der Waals surface area contributed by atoms with Crippen molar-refractivity contribution < 1.29 is 8.78 Å². The fourth-order valence-electron chi connectivity index (χ4n) is 0.768. The molecule has 0 saturated carbocycles. The molecule has 0 atom stereocenters. The molecule has 1 aromatic heterocycles. The molecule has 0 radical (unpaired) electrons. The van der Waals surface area contributed by atoms with Crippen LogP contribution >= 0.6 is 31.9 Å². The monoisotopic (exact) mass is 310 g/mol. The lowest BCUT2D eigenvalue weighted by molar-refractivity contribution is 0.149. The van der Waals surface area contributed by atoms with Gasteiger partial charge in [-0.1, -0.05) is 0 Å². The number of nitriles is 1. The Morgan fingerprint density at radius 1 is 1.46 bits per heavy atom. The lowest BCUT2D eigenvalue weighted by Crippen LogP contribution is -1.96. The number of pyridine rings is 1. The molecule has 0 aliphatic carbocycles. The largest absolute Gasteiger partial charge is 0.267 e. The van der Waals surface area contributed by atoms with E-state index in [0.29, 0.717) is 4.47 Å². The van der Waals surface area contributed by atoms with E-state index in [-0.39, 0.29) is 15.7 Å². The van der Waals surface area contributed by atoms with Gasteiger partial charge in [0.05, 0.1) is 10.0 Å². The predicted octanol–water partition coefficient (Wildman–Crippen LogP) is 3.42. The Morgan fingerprint density at radius 3 is 2.54 bits per heavy atom. The van der Waals surface area contributed by atoms with E-state index < -0.39 is 6.43 Å². The minimum absolute atomic E-state index is 0.175. The molecule has 0 aromatic carbocycles. The number of rotatable bonds is 1. The average Bonchev–Trinajstić information content (AvgIpc) is 2.08. The molecule has 1 heterocycles. The van der Waals surface area contributed by atoms with Crippen LogP contribution in [0.1, 0.15) is 17.7 Å². The Morgan fingerprint density at radius 2 is 2.08 bits per heavy atom. The standard InChI is InChI=1S/C7H2Br2F2N2/c8-3-2-13-4(1-12)5(6(3)9)7(10)11/h2,7H. The quantitative estimate of drug-likeness (QED) is 0.797. The second-order valence-electron chi connectivity index (χ2n) is 2.09. The van der Waals surface area contributed by atoms with Crippen LogP contribution in [-0.4, -0.2) is 4.98 Å². The first kappa shape index (κ1) is 10.5. The molecule has 1 aromatic rings.